The van der Waals surface area contributed by atoms with Crippen molar-refractivity contribution in [2.45, 2.75) is 17.1 Å². The van der Waals surface area contributed by atoms with Gasteiger partial charge in [-0.05, 0) is 35.9 Å². The summed E-state index contributed by atoms with van der Waals surface area (Å²) < 4.78 is 38.5. The fourth-order valence-corrected chi connectivity index (χ4v) is 3.64. The van der Waals surface area contributed by atoms with Gasteiger partial charge in [0.1, 0.15) is 11.1 Å². The molecule has 1 heterocycles. The molecule has 1 aromatic carbocycles. The molecule has 2 rings (SSSR count). The maximum atomic E-state index is 13.0. The van der Waals surface area contributed by atoms with Crippen molar-refractivity contribution in [1.82, 2.24) is 10.3 Å². The second kappa shape index (κ2) is 6.65. The van der Waals surface area contributed by atoms with Crippen LogP contribution < -0.4 is 5.32 Å². The molecular weight excluding hydrogens is 307 g/mol. The van der Waals surface area contributed by atoms with Gasteiger partial charge in [-0.2, -0.15) is 0 Å². The number of pyridine rings is 1. The number of nitrogens with zero attached hydrogens (tertiary/aromatic N) is 1. The van der Waals surface area contributed by atoms with Crippen LogP contribution in [-0.2, 0) is 14.6 Å². The zero-order chi connectivity index (χ0) is 16.2. The van der Waals surface area contributed by atoms with Crippen molar-refractivity contribution in [2.24, 2.45) is 0 Å². The standard InChI is InChI=1S/C15H15FN2O3S/c1-11(19)18-10-15(12-3-2-8-17-9-12)22(20,21)14-6-4-13(16)5-7-14/h2-9,15H,10H2,1H3,(H,18,19). The third kappa shape index (κ3) is 3.67. The number of halogens is 1. The molecule has 22 heavy (non-hydrogen) atoms. The van der Waals surface area contributed by atoms with Crippen molar-refractivity contribution in [1.29, 1.82) is 0 Å². The molecule has 5 nitrogen and oxygen atoms in total. The van der Waals surface area contributed by atoms with E-state index in [9.17, 15) is 17.6 Å². The van der Waals surface area contributed by atoms with E-state index in [0.29, 0.717) is 5.56 Å². The van der Waals surface area contributed by atoms with Gasteiger partial charge in [0.05, 0.1) is 4.90 Å². The summed E-state index contributed by atoms with van der Waals surface area (Å²) in [5, 5.41) is 1.52. The molecule has 1 atom stereocenters. The smallest absolute Gasteiger partial charge is 0.216 e. The lowest BCUT2D eigenvalue weighted by molar-refractivity contribution is -0.118. The summed E-state index contributed by atoms with van der Waals surface area (Å²) in [6.07, 6.45) is 2.97. The van der Waals surface area contributed by atoms with Crippen molar-refractivity contribution < 1.29 is 17.6 Å². The fraction of sp³-hybridized carbons (Fsp3) is 0.200. The number of nitrogens with one attached hydrogen (secondary N) is 1. The van der Waals surface area contributed by atoms with Crippen LogP contribution in [0.4, 0.5) is 4.39 Å². The van der Waals surface area contributed by atoms with Gasteiger partial charge in [0, 0.05) is 25.9 Å². The lowest BCUT2D eigenvalue weighted by Crippen LogP contribution is -2.30. The highest BCUT2D eigenvalue weighted by atomic mass is 32.2. The van der Waals surface area contributed by atoms with Crippen LogP contribution in [0.1, 0.15) is 17.7 Å². The number of carbonyl (C=O) groups excluding carboxylic acids is 1. The molecule has 1 amide bonds. The first-order chi connectivity index (χ1) is 10.4. The third-order valence-electron chi connectivity index (χ3n) is 3.11. The van der Waals surface area contributed by atoms with Crippen LogP contribution in [0.15, 0.2) is 53.7 Å². The van der Waals surface area contributed by atoms with Crippen LogP contribution in [-0.4, -0.2) is 25.9 Å². The van der Waals surface area contributed by atoms with Crippen LogP contribution in [0.5, 0.6) is 0 Å². The van der Waals surface area contributed by atoms with Crippen LogP contribution >= 0.6 is 0 Å². The lowest BCUT2D eigenvalue weighted by atomic mass is 10.2. The number of rotatable bonds is 5. The van der Waals surface area contributed by atoms with Gasteiger partial charge in [-0.1, -0.05) is 6.07 Å². The van der Waals surface area contributed by atoms with Gasteiger partial charge in [-0.15, -0.1) is 0 Å². The number of aromatic nitrogens is 1. The van der Waals surface area contributed by atoms with E-state index >= 15 is 0 Å². The molecular formula is C15H15FN2O3S. The van der Waals surface area contributed by atoms with E-state index in [4.69, 9.17) is 0 Å². The summed E-state index contributed by atoms with van der Waals surface area (Å²) in [6.45, 7) is 1.23. The molecule has 1 unspecified atom stereocenters. The second-order valence-electron chi connectivity index (χ2n) is 4.71. The van der Waals surface area contributed by atoms with Crippen molar-refractivity contribution in [2.75, 3.05) is 6.54 Å². The Hall–Kier alpha value is -2.28. The van der Waals surface area contributed by atoms with Gasteiger partial charge in [-0.25, -0.2) is 12.8 Å². The zero-order valence-corrected chi connectivity index (χ0v) is 12.7. The largest absolute Gasteiger partial charge is 0.355 e. The van der Waals surface area contributed by atoms with Crippen LogP contribution in [0.25, 0.3) is 0 Å². The maximum Gasteiger partial charge on any atom is 0.216 e. The first-order valence-corrected chi connectivity index (χ1v) is 8.09. The SMILES string of the molecule is CC(=O)NCC(c1cccnc1)S(=O)(=O)c1ccc(F)cc1. The second-order valence-corrected chi connectivity index (χ2v) is 6.84. The van der Waals surface area contributed by atoms with Gasteiger partial charge >= 0.3 is 0 Å². The fourth-order valence-electron chi connectivity index (χ4n) is 2.00. The van der Waals surface area contributed by atoms with Gasteiger partial charge in [0.15, 0.2) is 9.84 Å². The van der Waals surface area contributed by atoms with Crippen molar-refractivity contribution in [3.63, 3.8) is 0 Å². The topological polar surface area (TPSA) is 76.1 Å². The highest BCUT2D eigenvalue weighted by Crippen LogP contribution is 2.28. The Balaban J connectivity index is 2.43. The summed E-state index contributed by atoms with van der Waals surface area (Å²) in [5.74, 6) is -0.845. The molecule has 0 aliphatic rings. The van der Waals surface area contributed by atoms with E-state index in [-0.39, 0.29) is 17.3 Å². The molecule has 0 radical (unpaired) electrons. The Kier molecular flexibility index (Phi) is 4.87. The summed E-state index contributed by atoms with van der Waals surface area (Å²) >= 11 is 0. The van der Waals surface area contributed by atoms with Crippen molar-refractivity contribution in [3.05, 3.63) is 60.2 Å². The minimum absolute atomic E-state index is 0.00638. The molecule has 0 saturated heterocycles. The average molecular weight is 322 g/mol. The third-order valence-corrected chi connectivity index (χ3v) is 5.23. The first kappa shape index (κ1) is 16.1. The summed E-state index contributed by atoms with van der Waals surface area (Å²) in [4.78, 5) is 15.0. The summed E-state index contributed by atoms with van der Waals surface area (Å²) in [6, 6.07) is 7.84. The molecule has 116 valence electrons. The predicted octanol–water partition coefficient (Wildman–Crippen LogP) is 1.87. The van der Waals surface area contributed by atoms with Crippen LogP contribution in [0.3, 0.4) is 0 Å². The van der Waals surface area contributed by atoms with Crippen molar-refractivity contribution >= 4 is 15.7 Å². The molecule has 2 aromatic rings. The molecule has 0 bridgehead atoms. The van der Waals surface area contributed by atoms with Crippen LogP contribution in [0.2, 0.25) is 0 Å². The quantitative estimate of drug-likeness (QED) is 0.853. The number of benzene rings is 1. The predicted molar refractivity (Wildman–Crippen MR) is 79.2 cm³/mol. The highest BCUT2D eigenvalue weighted by molar-refractivity contribution is 7.91. The Labute approximate surface area is 128 Å². The Morgan fingerprint density at radius 3 is 2.50 bits per heavy atom. The Morgan fingerprint density at radius 1 is 1.27 bits per heavy atom. The molecule has 0 aliphatic carbocycles. The molecule has 0 fully saturated rings. The van der Waals surface area contributed by atoms with E-state index in [1.807, 2.05) is 0 Å². The molecule has 0 aliphatic heterocycles. The number of hydrogen-bond donors (Lipinski definition) is 1. The zero-order valence-electron chi connectivity index (χ0n) is 11.9. The molecule has 1 N–H and O–H groups in total. The van der Waals surface area contributed by atoms with Gasteiger partial charge in [-0.3, -0.25) is 9.78 Å². The normalized spacial score (nSPS) is 12.6. The van der Waals surface area contributed by atoms with E-state index in [1.54, 1.807) is 12.1 Å². The van der Waals surface area contributed by atoms with E-state index in [1.165, 1.54) is 31.5 Å². The molecule has 7 heteroatoms. The number of sulfone groups is 1. The van der Waals surface area contributed by atoms with Gasteiger partial charge < -0.3 is 5.32 Å². The maximum absolute atomic E-state index is 13.0. The Morgan fingerprint density at radius 2 is 1.95 bits per heavy atom. The van der Waals surface area contributed by atoms with E-state index < -0.39 is 20.9 Å². The van der Waals surface area contributed by atoms with Gasteiger partial charge in [0.25, 0.3) is 0 Å². The number of amides is 1. The lowest BCUT2D eigenvalue weighted by Gasteiger charge is -2.18. The number of carbonyl (C=O) groups is 1. The minimum Gasteiger partial charge on any atom is -0.355 e. The van der Waals surface area contributed by atoms with E-state index in [0.717, 1.165) is 12.1 Å². The van der Waals surface area contributed by atoms with Crippen LogP contribution in [0, 0.1) is 5.82 Å². The molecule has 0 spiro atoms. The summed E-state index contributed by atoms with van der Waals surface area (Å²) in [5.41, 5.74) is 0.459. The minimum atomic E-state index is -3.79. The highest BCUT2D eigenvalue weighted by Gasteiger charge is 2.29. The molecule has 0 saturated carbocycles. The Bertz CT molecular complexity index is 746. The van der Waals surface area contributed by atoms with Gasteiger partial charge in [0.2, 0.25) is 5.91 Å². The summed E-state index contributed by atoms with van der Waals surface area (Å²) in [7, 11) is -3.79. The number of hydrogen-bond acceptors (Lipinski definition) is 4. The van der Waals surface area contributed by atoms with Crippen molar-refractivity contribution in [3.8, 4) is 0 Å². The monoisotopic (exact) mass is 322 g/mol. The molecule has 1 aromatic heterocycles. The average Bonchev–Trinajstić information content (AvgIpc) is 2.48. The van der Waals surface area contributed by atoms with E-state index in [2.05, 4.69) is 10.3 Å². The first-order valence-electron chi connectivity index (χ1n) is 6.55.